The van der Waals surface area contributed by atoms with E-state index in [0.717, 1.165) is 0 Å². The number of carbonyl (C=O) groups excluding carboxylic acids is 1. The minimum Gasteiger partial charge on any atom is -0.399 e. The molecule has 1 aliphatic heterocycles. The average molecular weight is 251 g/mol. The molecular formula is C12H17N3O3. The molecule has 2 rings (SSSR count). The molecule has 0 aliphatic carbocycles. The van der Waals surface area contributed by atoms with Gasteiger partial charge in [0.15, 0.2) is 0 Å². The lowest BCUT2D eigenvalue weighted by atomic mass is 10.3. The lowest BCUT2D eigenvalue weighted by Gasteiger charge is -2.15. The van der Waals surface area contributed by atoms with Crippen molar-refractivity contribution in [3.63, 3.8) is 0 Å². The standard InChI is InChI=1S/C12H17N3O3/c1-17-10-6-15(7-11(10)18-2)12(16)9-5-8(13)3-4-14-9/h3-5,10-11H,6-7H2,1-2H3,(H2,13,14). The number of pyridine rings is 1. The van der Waals surface area contributed by atoms with Crippen LogP contribution in [0, 0.1) is 0 Å². The highest BCUT2D eigenvalue weighted by Crippen LogP contribution is 2.18. The Kier molecular flexibility index (Phi) is 3.78. The fraction of sp³-hybridized carbons (Fsp3) is 0.500. The van der Waals surface area contributed by atoms with E-state index in [1.165, 1.54) is 6.20 Å². The highest BCUT2D eigenvalue weighted by molar-refractivity contribution is 5.93. The molecule has 98 valence electrons. The monoisotopic (exact) mass is 251 g/mol. The fourth-order valence-corrected chi connectivity index (χ4v) is 2.09. The van der Waals surface area contributed by atoms with Gasteiger partial charge in [-0.1, -0.05) is 0 Å². The van der Waals surface area contributed by atoms with E-state index in [9.17, 15) is 4.79 Å². The number of nitrogen functional groups attached to an aromatic ring is 1. The van der Waals surface area contributed by atoms with Crippen LogP contribution in [-0.4, -0.2) is 55.3 Å². The number of amides is 1. The average Bonchev–Trinajstić information content (AvgIpc) is 2.81. The van der Waals surface area contributed by atoms with Gasteiger partial charge >= 0.3 is 0 Å². The predicted molar refractivity (Wildman–Crippen MR) is 66.1 cm³/mol. The van der Waals surface area contributed by atoms with Gasteiger partial charge in [0.1, 0.15) is 17.9 Å². The smallest absolute Gasteiger partial charge is 0.272 e. The lowest BCUT2D eigenvalue weighted by molar-refractivity contribution is -0.00461. The van der Waals surface area contributed by atoms with Crippen LogP contribution in [-0.2, 0) is 9.47 Å². The van der Waals surface area contributed by atoms with Crippen molar-refractivity contribution in [3.05, 3.63) is 24.0 Å². The molecule has 0 spiro atoms. The molecule has 6 heteroatoms. The summed E-state index contributed by atoms with van der Waals surface area (Å²) in [4.78, 5) is 17.9. The quantitative estimate of drug-likeness (QED) is 0.827. The number of aromatic nitrogens is 1. The molecule has 2 N–H and O–H groups in total. The van der Waals surface area contributed by atoms with Crippen LogP contribution >= 0.6 is 0 Å². The fourth-order valence-electron chi connectivity index (χ4n) is 2.09. The third kappa shape index (κ3) is 2.44. The second-order valence-corrected chi connectivity index (χ2v) is 4.23. The second-order valence-electron chi connectivity index (χ2n) is 4.23. The summed E-state index contributed by atoms with van der Waals surface area (Å²) in [5.74, 6) is -0.149. The van der Waals surface area contributed by atoms with Crippen LogP contribution in [0.1, 0.15) is 10.5 Å². The third-order valence-electron chi connectivity index (χ3n) is 3.11. The lowest BCUT2D eigenvalue weighted by Crippen LogP contribution is -2.30. The van der Waals surface area contributed by atoms with Crippen molar-refractivity contribution in [2.24, 2.45) is 0 Å². The summed E-state index contributed by atoms with van der Waals surface area (Å²) in [5, 5.41) is 0. The molecule has 2 heterocycles. The first kappa shape index (κ1) is 12.8. The van der Waals surface area contributed by atoms with Gasteiger partial charge in [-0.3, -0.25) is 9.78 Å². The zero-order valence-corrected chi connectivity index (χ0v) is 10.5. The van der Waals surface area contributed by atoms with Gasteiger partial charge in [-0.15, -0.1) is 0 Å². The van der Waals surface area contributed by atoms with Crippen LogP contribution in [0.4, 0.5) is 5.69 Å². The van der Waals surface area contributed by atoms with Crippen molar-refractivity contribution < 1.29 is 14.3 Å². The van der Waals surface area contributed by atoms with E-state index in [1.54, 1.807) is 31.3 Å². The number of hydrogen-bond donors (Lipinski definition) is 1. The number of rotatable bonds is 3. The Bertz CT molecular complexity index is 426. The Morgan fingerprint density at radius 1 is 1.39 bits per heavy atom. The summed E-state index contributed by atoms with van der Waals surface area (Å²) in [7, 11) is 3.23. The highest BCUT2D eigenvalue weighted by Gasteiger charge is 2.36. The Morgan fingerprint density at radius 3 is 2.50 bits per heavy atom. The van der Waals surface area contributed by atoms with Crippen LogP contribution in [0.15, 0.2) is 18.3 Å². The Morgan fingerprint density at radius 2 is 2.00 bits per heavy atom. The summed E-state index contributed by atoms with van der Waals surface area (Å²) in [6, 6.07) is 3.22. The molecule has 1 fully saturated rings. The van der Waals surface area contributed by atoms with Crippen molar-refractivity contribution in [1.29, 1.82) is 0 Å². The van der Waals surface area contributed by atoms with E-state index in [0.29, 0.717) is 24.5 Å². The number of methoxy groups -OCH3 is 2. The largest absolute Gasteiger partial charge is 0.399 e. The van der Waals surface area contributed by atoms with E-state index in [1.807, 2.05) is 0 Å². The van der Waals surface area contributed by atoms with Crippen molar-refractivity contribution >= 4 is 11.6 Å². The van der Waals surface area contributed by atoms with Crippen molar-refractivity contribution in [3.8, 4) is 0 Å². The topological polar surface area (TPSA) is 77.7 Å². The number of nitrogens with two attached hydrogens (primary N) is 1. The second kappa shape index (κ2) is 5.32. The number of hydrogen-bond acceptors (Lipinski definition) is 5. The van der Waals surface area contributed by atoms with Crippen LogP contribution in [0.3, 0.4) is 0 Å². The molecule has 1 aromatic rings. The Labute approximate surface area is 106 Å². The summed E-state index contributed by atoms with van der Waals surface area (Å²) >= 11 is 0. The molecule has 1 amide bonds. The van der Waals surface area contributed by atoms with Gasteiger partial charge in [0.05, 0.1) is 0 Å². The maximum atomic E-state index is 12.2. The normalized spacial score (nSPS) is 23.3. The minimum absolute atomic E-state index is 0.0972. The predicted octanol–water partition coefficient (Wildman–Crippen LogP) is 0.150. The molecule has 1 aromatic heterocycles. The van der Waals surface area contributed by atoms with Gasteiger partial charge in [0, 0.05) is 39.2 Å². The van der Waals surface area contributed by atoms with Crippen LogP contribution < -0.4 is 5.73 Å². The molecule has 2 unspecified atom stereocenters. The Balaban J connectivity index is 2.11. The van der Waals surface area contributed by atoms with E-state index in [4.69, 9.17) is 15.2 Å². The van der Waals surface area contributed by atoms with Crippen molar-refractivity contribution in [1.82, 2.24) is 9.88 Å². The molecular weight excluding hydrogens is 234 g/mol. The van der Waals surface area contributed by atoms with E-state index >= 15 is 0 Å². The maximum Gasteiger partial charge on any atom is 0.272 e. The molecule has 1 aliphatic rings. The summed E-state index contributed by atoms with van der Waals surface area (Å²) in [6.45, 7) is 1.01. The van der Waals surface area contributed by atoms with Crippen LogP contribution in [0.5, 0.6) is 0 Å². The molecule has 6 nitrogen and oxygen atoms in total. The molecule has 18 heavy (non-hydrogen) atoms. The van der Waals surface area contributed by atoms with Gasteiger partial charge in [-0.2, -0.15) is 0 Å². The van der Waals surface area contributed by atoms with Crippen LogP contribution in [0.2, 0.25) is 0 Å². The molecule has 0 bridgehead atoms. The maximum absolute atomic E-state index is 12.2. The SMILES string of the molecule is COC1CN(C(=O)c2cc(N)ccn2)CC1OC. The molecule has 0 radical (unpaired) electrons. The summed E-state index contributed by atoms with van der Waals surface area (Å²) in [6.07, 6.45) is 1.33. The zero-order valence-electron chi connectivity index (χ0n) is 10.5. The minimum atomic E-state index is -0.149. The summed E-state index contributed by atoms with van der Waals surface area (Å²) in [5.41, 5.74) is 6.52. The zero-order chi connectivity index (χ0) is 13.1. The van der Waals surface area contributed by atoms with Gasteiger partial charge in [0.25, 0.3) is 5.91 Å². The van der Waals surface area contributed by atoms with Gasteiger partial charge < -0.3 is 20.1 Å². The molecule has 2 atom stereocenters. The molecule has 1 saturated heterocycles. The van der Waals surface area contributed by atoms with Gasteiger partial charge in [-0.25, -0.2) is 0 Å². The Hall–Kier alpha value is -1.66. The first-order chi connectivity index (χ1) is 8.65. The number of likely N-dealkylation sites (tertiary alicyclic amines) is 1. The first-order valence-corrected chi connectivity index (χ1v) is 5.72. The van der Waals surface area contributed by atoms with E-state index < -0.39 is 0 Å². The van der Waals surface area contributed by atoms with Gasteiger partial charge in [-0.05, 0) is 12.1 Å². The van der Waals surface area contributed by atoms with Crippen molar-refractivity contribution in [2.45, 2.75) is 12.2 Å². The number of nitrogens with zero attached hydrogens (tertiary/aromatic N) is 2. The highest BCUT2D eigenvalue weighted by atomic mass is 16.5. The summed E-state index contributed by atoms with van der Waals surface area (Å²) < 4.78 is 10.6. The van der Waals surface area contributed by atoms with Crippen LogP contribution in [0.25, 0.3) is 0 Å². The van der Waals surface area contributed by atoms with Gasteiger partial charge in [0.2, 0.25) is 0 Å². The van der Waals surface area contributed by atoms with E-state index in [-0.39, 0.29) is 18.1 Å². The van der Waals surface area contributed by atoms with E-state index in [2.05, 4.69) is 4.98 Å². The van der Waals surface area contributed by atoms with Crippen molar-refractivity contribution in [2.75, 3.05) is 33.0 Å². The molecule has 0 aromatic carbocycles. The molecule has 0 saturated carbocycles. The number of anilines is 1. The third-order valence-corrected chi connectivity index (χ3v) is 3.11. The number of ether oxygens (including phenoxy) is 2. The number of carbonyl (C=O) groups is 1. The first-order valence-electron chi connectivity index (χ1n) is 5.72.